The monoisotopic (exact) mass is 594 g/mol. The van der Waals surface area contributed by atoms with Gasteiger partial charge >= 0.3 is 11.8 Å². The molecular weight excluding hydrogens is 568 g/mol. The van der Waals surface area contributed by atoms with E-state index in [2.05, 4.69) is 15.8 Å². The topological polar surface area (TPSA) is 130 Å². The standard InChI is InChI=1S/C29H27ClN4O6S/c1-20-7-9-21(10-8-20)18-34(41(37,38)25-15-11-22(30)12-16-25)19-24-14-13-23(40-24)17-31-33-29(36)28(35)32-26-5-3-4-6-27(26)39-2/h3-17H,18-19H2,1-2H3,(H,32,35)(H,33,36)/b31-17+. The fraction of sp³-hybridized carbons (Fsp3) is 0.138. The van der Waals surface area contributed by atoms with Gasteiger partial charge in [0.15, 0.2) is 0 Å². The van der Waals surface area contributed by atoms with Gasteiger partial charge in [-0.3, -0.25) is 9.59 Å². The molecular formula is C29H27ClN4O6S. The number of benzene rings is 3. The van der Waals surface area contributed by atoms with Gasteiger partial charge in [-0.05, 0) is 61.0 Å². The highest BCUT2D eigenvalue weighted by Crippen LogP contribution is 2.24. The van der Waals surface area contributed by atoms with Crippen LogP contribution in [0.25, 0.3) is 0 Å². The van der Waals surface area contributed by atoms with E-state index in [1.54, 1.807) is 36.4 Å². The number of nitrogens with one attached hydrogen (secondary N) is 2. The van der Waals surface area contributed by atoms with Gasteiger partial charge in [0, 0.05) is 11.6 Å². The number of rotatable bonds is 10. The molecule has 0 unspecified atom stereocenters. The van der Waals surface area contributed by atoms with Crippen LogP contribution in [0.3, 0.4) is 0 Å². The first kappa shape index (κ1) is 29.5. The van der Waals surface area contributed by atoms with E-state index >= 15 is 0 Å². The van der Waals surface area contributed by atoms with Crippen molar-refractivity contribution in [3.63, 3.8) is 0 Å². The molecule has 0 saturated carbocycles. The summed E-state index contributed by atoms with van der Waals surface area (Å²) in [5.41, 5.74) is 4.32. The Balaban J connectivity index is 1.44. The van der Waals surface area contributed by atoms with E-state index in [9.17, 15) is 18.0 Å². The predicted molar refractivity (Wildman–Crippen MR) is 155 cm³/mol. The van der Waals surface area contributed by atoms with Crippen LogP contribution in [-0.4, -0.2) is 37.9 Å². The highest BCUT2D eigenvalue weighted by molar-refractivity contribution is 7.89. The molecule has 1 heterocycles. The molecule has 0 fully saturated rings. The van der Waals surface area contributed by atoms with E-state index in [1.807, 2.05) is 31.2 Å². The van der Waals surface area contributed by atoms with Gasteiger partial charge in [0.1, 0.15) is 17.3 Å². The number of methoxy groups -OCH3 is 1. The van der Waals surface area contributed by atoms with Crippen molar-refractivity contribution in [1.29, 1.82) is 0 Å². The Labute approximate surface area is 242 Å². The maximum absolute atomic E-state index is 13.5. The van der Waals surface area contributed by atoms with E-state index in [0.717, 1.165) is 11.1 Å². The van der Waals surface area contributed by atoms with Crippen LogP contribution in [0.2, 0.25) is 5.02 Å². The molecule has 212 valence electrons. The van der Waals surface area contributed by atoms with Crippen molar-refractivity contribution >= 4 is 45.3 Å². The SMILES string of the molecule is COc1ccccc1NC(=O)C(=O)N/N=C/c1ccc(CN(Cc2ccc(C)cc2)S(=O)(=O)c2ccc(Cl)cc2)o1. The zero-order valence-corrected chi connectivity index (χ0v) is 23.8. The number of amides is 2. The number of hydrogen-bond acceptors (Lipinski definition) is 7. The van der Waals surface area contributed by atoms with Crippen molar-refractivity contribution < 1.29 is 27.2 Å². The molecule has 0 bridgehead atoms. The summed E-state index contributed by atoms with van der Waals surface area (Å²) in [6.07, 6.45) is 1.20. The number of carbonyl (C=O) groups excluding carboxylic acids is 2. The van der Waals surface area contributed by atoms with E-state index in [-0.39, 0.29) is 23.7 Å². The number of aryl methyl sites for hydroxylation is 1. The minimum absolute atomic E-state index is 0.0691. The van der Waals surface area contributed by atoms with Crippen LogP contribution in [0.5, 0.6) is 5.75 Å². The molecule has 2 amide bonds. The first-order valence-corrected chi connectivity index (χ1v) is 14.1. The number of halogens is 1. The van der Waals surface area contributed by atoms with Gasteiger partial charge < -0.3 is 14.5 Å². The third-order valence-corrected chi connectivity index (χ3v) is 7.92. The smallest absolute Gasteiger partial charge is 0.329 e. The Morgan fingerprint density at radius 2 is 1.66 bits per heavy atom. The van der Waals surface area contributed by atoms with E-state index in [1.165, 1.54) is 41.9 Å². The molecule has 1 aromatic heterocycles. The molecule has 41 heavy (non-hydrogen) atoms. The van der Waals surface area contributed by atoms with Crippen LogP contribution < -0.4 is 15.5 Å². The molecule has 2 N–H and O–H groups in total. The van der Waals surface area contributed by atoms with Crippen molar-refractivity contribution in [1.82, 2.24) is 9.73 Å². The zero-order chi connectivity index (χ0) is 29.4. The summed E-state index contributed by atoms with van der Waals surface area (Å²) in [6.45, 7) is 1.99. The highest BCUT2D eigenvalue weighted by atomic mass is 35.5. The largest absolute Gasteiger partial charge is 0.495 e. The Morgan fingerprint density at radius 1 is 0.951 bits per heavy atom. The quantitative estimate of drug-likeness (QED) is 0.155. The van der Waals surface area contributed by atoms with Crippen LogP contribution in [0.1, 0.15) is 22.6 Å². The number of anilines is 1. The first-order chi connectivity index (χ1) is 19.7. The number of ether oxygens (including phenoxy) is 1. The Hall–Kier alpha value is -4.45. The number of carbonyl (C=O) groups is 2. The van der Waals surface area contributed by atoms with Gasteiger partial charge in [0.2, 0.25) is 10.0 Å². The van der Waals surface area contributed by atoms with Crippen LogP contribution in [-0.2, 0) is 32.7 Å². The minimum atomic E-state index is -3.91. The van der Waals surface area contributed by atoms with Gasteiger partial charge in [-0.1, -0.05) is 53.6 Å². The molecule has 0 radical (unpaired) electrons. The van der Waals surface area contributed by atoms with Crippen LogP contribution in [0.15, 0.2) is 99.3 Å². The number of furan rings is 1. The maximum Gasteiger partial charge on any atom is 0.329 e. The fourth-order valence-corrected chi connectivity index (χ4v) is 5.25. The molecule has 0 atom stereocenters. The van der Waals surface area contributed by atoms with Crippen molar-refractivity contribution in [2.24, 2.45) is 5.10 Å². The third kappa shape index (κ3) is 7.82. The van der Waals surface area contributed by atoms with Gasteiger partial charge in [-0.25, -0.2) is 13.8 Å². The lowest BCUT2D eigenvalue weighted by molar-refractivity contribution is -0.136. The zero-order valence-electron chi connectivity index (χ0n) is 22.2. The molecule has 0 saturated heterocycles. The summed E-state index contributed by atoms with van der Waals surface area (Å²) in [6, 6.07) is 23.3. The predicted octanol–water partition coefficient (Wildman–Crippen LogP) is 4.73. The molecule has 3 aromatic carbocycles. The first-order valence-electron chi connectivity index (χ1n) is 12.3. The van der Waals surface area contributed by atoms with Crippen molar-refractivity contribution in [2.45, 2.75) is 24.9 Å². The van der Waals surface area contributed by atoms with Crippen LogP contribution >= 0.6 is 11.6 Å². The van der Waals surface area contributed by atoms with Crippen molar-refractivity contribution in [2.75, 3.05) is 12.4 Å². The molecule has 4 rings (SSSR count). The molecule has 0 spiro atoms. The summed E-state index contributed by atoms with van der Waals surface area (Å²) in [5, 5.41) is 6.64. The third-order valence-electron chi connectivity index (χ3n) is 5.86. The van der Waals surface area contributed by atoms with E-state index in [0.29, 0.717) is 22.2 Å². The van der Waals surface area contributed by atoms with E-state index in [4.69, 9.17) is 20.8 Å². The number of para-hydroxylation sites is 2. The van der Waals surface area contributed by atoms with Gasteiger partial charge in [-0.15, -0.1) is 0 Å². The Morgan fingerprint density at radius 3 is 2.37 bits per heavy atom. The number of hydrogen-bond donors (Lipinski definition) is 2. The summed E-state index contributed by atoms with van der Waals surface area (Å²) < 4.78 is 39.2. The minimum Gasteiger partial charge on any atom is -0.495 e. The summed E-state index contributed by atoms with van der Waals surface area (Å²) in [7, 11) is -2.47. The lowest BCUT2D eigenvalue weighted by Gasteiger charge is -2.21. The maximum atomic E-state index is 13.5. The fourth-order valence-electron chi connectivity index (χ4n) is 3.73. The molecule has 0 aliphatic carbocycles. The molecule has 0 aliphatic rings. The summed E-state index contributed by atoms with van der Waals surface area (Å²) in [5.74, 6) is -0.959. The number of hydrazone groups is 1. The Bertz CT molecular complexity index is 1650. The van der Waals surface area contributed by atoms with E-state index < -0.39 is 21.8 Å². The van der Waals surface area contributed by atoms with Crippen LogP contribution in [0, 0.1) is 6.92 Å². The second-order valence-electron chi connectivity index (χ2n) is 8.87. The second kappa shape index (κ2) is 13.3. The lowest BCUT2D eigenvalue weighted by atomic mass is 10.1. The molecule has 10 nitrogen and oxygen atoms in total. The average Bonchev–Trinajstić information content (AvgIpc) is 3.41. The average molecular weight is 595 g/mol. The highest BCUT2D eigenvalue weighted by Gasteiger charge is 2.26. The Kier molecular flexibility index (Phi) is 9.56. The normalized spacial score (nSPS) is 11.5. The van der Waals surface area contributed by atoms with Crippen LogP contribution in [0.4, 0.5) is 5.69 Å². The summed E-state index contributed by atoms with van der Waals surface area (Å²) >= 11 is 5.96. The van der Waals surface area contributed by atoms with Gasteiger partial charge in [-0.2, -0.15) is 9.41 Å². The summed E-state index contributed by atoms with van der Waals surface area (Å²) in [4.78, 5) is 24.5. The molecule has 0 aliphatic heterocycles. The lowest BCUT2D eigenvalue weighted by Crippen LogP contribution is -2.32. The van der Waals surface area contributed by atoms with Crippen molar-refractivity contribution in [3.8, 4) is 5.75 Å². The molecule has 12 heteroatoms. The number of nitrogens with zero attached hydrogens (tertiary/aromatic N) is 2. The number of sulfonamides is 1. The second-order valence-corrected chi connectivity index (χ2v) is 11.2. The van der Waals surface area contributed by atoms with Crippen molar-refractivity contribution in [3.05, 3.63) is 113 Å². The van der Waals surface area contributed by atoms with Gasteiger partial charge in [0.05, 0.1) is 30.5 Å². The molecule has 4 aromatic rings. The van der Waals surface area contributed by atoms with Gasteiger partial charge in [0.25, 0.3) is 0 Å².